The number of rotatable bonds is 3. The molecular formula is C5H12N4O2S. The summed E-state index contributed by atoms with van der Waals surface area (Å²) in [6, 6.07) is 0. The van der Waals surface area contributed by atoms with Gasteiger partial charge in [0.15, 0.2) is 0 Å². The molecule has 0 bridgehead atoms. The van der Waals surface area contributed by atoms with E-state index in [1.165, 1.54) is 0 Å². The summed E-state index contributed by atoms with van der Waals surface area (Å²) in [6.45, 7) is 1.39. The first-order valence-electron chi connectivity index (χ1n) is 3.59. The van der Waals surface area contributed by atoms with Crippen LogP contribution in [0.25, 0.3) is 0 Å². The van der Waals surface area contributed by atoms with Crippen LogP contribution in [0.4, 0.5) is 0 Å². The maximum atomic E-state index is 10.6. The van der Waals surface area contributed by atoms with Crippen molar-refractivity contribution in [2.24, 2.45) is 10.1 Å². The Labute approximate surface area is 73.5 Å². The Morgan fingerprint density at radius 3 is 3.08 bits per heavy atom. The van der Waals surface area contributed by atoms with Crippen LogP contribution in [0, 0.1) is 0 Å². The van der Waals surface area contributed by atoms with E-state index in [2.05, 4.69) is 14.2 Å². The fourth-order valence-corrected chi connectivity index (χ4v) is 1.26. The molecule has 1 heterocycles. The Hall–Kier alpha value is -0.660. The third kappa shape index (κ3) is 2.43. The van der Waals surface area contributed by atoms with Gasteiger partial charge in [-0.15, -0.1) is 4.40 Å². The fraction of sp³-hybridized carbons (Fsp3) is 0.800. The molecule has 0 aromatic rings. The van der Waals surface area contributed by atoms with Crippen LogP contribution in [0.1, 0.15) is 6.42 Å². The molecule has 70 valence electrons. The topological polar surface area (TPSA) is 80.0 Å². The number of nitrogens with zero attached hydrogens (tertiary/aromatic N) is 2. The molecule has 0 spiro atoms. The largest absolute Gasteiger partial charge is 0.343 e. The molecule has 3 N–H and O–H groups in total. The van der Waals surface area contributed by atoms with Gasteiger partial charge in [0.05, 0.1) is 0 Å². The van der Waals surface area contributed by atoms with Gasteiger partial charge >= 0.3 is 11.3 Å². The van der Waals surface area contributed by atoms with Crippen LogP contribution < -0.4 is 11.2 Å². The molecular weight excluding hydrogens is 180 g/mol. The highest BCUT2D eigenvalue weighted by Crippen LogP contribution is 1.98. The first kappa shape index (κ1) is 9.43. The van der Waals surface area contributed by atoms with Crippen LogP contribution in [0.15, 0.2) is 4.40 Å². The van der Waals surface area contributed by atoms with Gasteiger partial charge in [0.25, 0.3) is 0 Å². The normalized spacial score (nSPS) is 21.8. The van der Waals surface area contributed by atoms with Crippen LogP contribution in [-0.4, -0.2) is 35.2 Å². The van der Waals surface area contributed by atoms with Crippen molar-refractivity contribution in [1.82, 2.24) is 10.4 Å². The highest BCUT2D eigenvalue weighted by atomic mass is 32.2. The van der Waals surface area contributed by atoms with Crippen molar-refractivity contribution in [2.75, 3.05) is 20.1 Å². The van der Waals surface area contributed by atoms with Crippen molar-refractivity contribution in [3.8, 4) is 0 Å². The van der Waals surface area contributed by atoms with E-state index in [9.17, 15) is 4.21 Å². The van der Waals surface area contributed by atoms with E-state index in [1.807, 2.05) is 7.05 Å². The maximum Gasteiger partial charge on any atom is 0.310 e. The van der Waals surface area contributed by atoms with Crippen molar-refractivity contribution >= 4 is 17.2 Å². The summed E-state index contributed by atoms with van der Waals surface area (Å²) in [5.41, 5.74) is 7.77. The minimum atomic E-state index is -1.58. The van der Waals surface area contributed by atoms with Crippen molar-refractivity contribution in [2.45, 2.75) is 6.42 Å². The molecule has 0 amide bonds. The highest BCUT2D eigenvalue weighted by Gasteiger charge is 2.16. The lowest BCUT2D eigenvalue weighted by Crippen LogP contribution is -2.36. The Balaban J connectivity index is 2.37. The lowest BCUT2D eigenvalue weighted by atomic mass is 10.4. The second kappa shape index (κ2) is 4.39. The summed E-state index contributed by atoms with van der Waals surface area (Å²) in [7, 11) is 1.83. The first-order chi connectivity index (χ1) is 5.74. The SMILES string of the molecule is CN(CCCN)C1=NS(=O)ON1. The molecule has 1 aliphatic rings. The summed E-state index contributed by atoms with van der Waals surface area (Å²) in [5, 5.41) is 0. The van der Waals surface area contributed by atoms with Crippen LogP contribution in [-0.2, 0) is 15.6 Å². The molecule has 7 heteroatoms. The van der Waals surface area contributed by atoms with Gasteiger partial charge in [-0.2, -0.15) is 4.28 Å². The average molecular weight is 192 g/mol. The minimum Gasteiger partial charge on any atom is -0.343 e. The van der Waals surface area contributed by atoms with Crippen LogP contribution in [0.5, 0.6) is 0 Å². The number of nitrogens with two attached hydrogens (primary N) is 1. The summed E-state index contributed by atoms with van der Waals surface area (Å²) in [4.78, 5) is 1.80. The molecule has 0 aromatic heterocycles. The van der Waals surface area contributed by atoms with Gasteiger partial charge in [0.2, 0.25) is 5.96 Å². The quantitative estimate of drug-likeness (QED) is 0.583. The smallest absolute Gasteiger partial charge is 0.310 e. The number of hydrogen-bond donors (Lipinski definition) is 2. The van der Waals surface area contributed by atoms with Crippen LogP contribution in [0.3, 0.4) is 0 Å². The van der Waals surface area contributed by atoms with Gasteiger partial charge in [-0.3, -0.25) is 0 Å². The molecule has 1 rings (SSSR count). The van der Waals surface area contributed by atoms with Crippen LogP contribution in [0.2, 0.25) is 0 Å². The van der Waals surface area contributed by atoms with Gasteiger partial charge in [-0.1, -0.05) is 0 Å². The van der Waals surface area contributed by atoms with Gasteiger partial charge < -0.3 is 10.6 Å². The first-order valence-corrected chi connectivity index (χ1v) is 4.62. The Morgan fingerprint density at radius 1 is 1.83 bits per heavy atom. The second-order valence-corrected chi connectivity index (χ2v) is 3.16. The Morgan fingerprint density at radius 2 is 2.58 bits per heavy atom. The lowest BCUT2D eigenvalue weighted by molar-refractivity contribution is 0.283. The zero-order valence-corrected chi connectivity index (χ0v) is 7.63. The molecule has 1 unspecified atom stereocenters. The van der Waals surface area contributed by atoms with E-state index >= 15 is 0 Å². The van der Waals surface area contributed by atoms with E-state index < -0.39 is 11.3 Å². The molecule has 6 nitrogen and oxygen atoms in total. The van der Waals surface area contributed by atoms with Gasteiger partial charge in [-0.25, -0.2) is 9.69 Å². The summed E-state index contributed by atoms with van der Waals surface area (Å²) < 4.78 is 18.8. The third-order valence-corrected chi connectivity index (χ3v) is 1.97. The van der Waals surface area contributed by atoms with E-state index in [1.54, 1.807) is 4.90 Å². The van der Waals surface area contributed by atoms with Crippen molar-refractivity contribution in [3.05, 3.63) is 0 Å². The molecule has 0 aliphatic carbocycles. The number of guanidine groups is 1. The molecule has 0 saturated carbocycles. The molecule has 0 radical (unpaired) electrons. The maximum absolute atomic E-state index is 10.6. The molecule has 0 fully saturated rings. The van der Waals surface area contributed by atoms with E-state index in [0.29, 0.717) is 12.5 Å². The number of nitrogens with one attached hydrogen (secondary N) is 1. The van der Waals surface area contributed by atoms with Gasteiger partial charge in [-0.05, 0) is 13.0 Å². The molecule has 1 aliphatic heterocycles. The van der Waals surface area contributed by atoms with Gasteiger partial charge in [0, 0.05) is 13.6 Å². The third-order valence-electron chi connectivity index (χ3n) is 1.42. The number of hydrogen-bond acceptors (Lipinski definition) is 5. The lowest BCUT2D eigenvalue weighted by Gasteiger charge is -2.15. The van der Waals surface area contributed by atoms with Crippen molar-refractivity contribution < 1.29 is 8.49 Å². The minimum absolute atomic E-state index is 0.488. The van der Waals surface area contributed by atoms with Crippen molar-refractivity contribution in [1.29, 1.82) is 0 Å². The fourth-order valence-electron chi connectivity index (χ4n) is 0.763. The zero-order chi connectivity index (χ0) is 8.97. The molecule has 0 saturated heterocycles. The summed E-state index contributed by atoms with van der Waals surface area (Å²) in [5.74, 6) is 0.488. The standard InChI is InChI=1S/C5H12N4O2S/c1-9(4-2-3-6)5-7-11-12(10)8-5/h2-4,6H2,1H3,(H,7,8). The summed E-state index contributed by atoms with van der Waals surface area (Å²) >= 11 is -1.58. The highest BCUT2D eigenvalue weighted by molar-refractivity contribution is 7.79. The molecule has 12 heavy (non-hydrogen) atoms. The van der Waals surface area contributed by atoms with E-state index in [0.717, 1.165) is 13.0 Å². The molecule has 1 atom stereocenters. The van der Waals surface area contributed by atoms with E-state index in [-0.39, 0.29) is 0 Å². The van der Waals surface area contributed by atoms with Crippen LogP contribution >= 0.6 is 0 Å². The summed E-state index contributed by atoms with van der Waals surface area (Å²) in [6.07, 6.45) is 0.865. The van der Waals surface area contributed by atoms with Gasteiger partial charge in [0.1, 0.15) is 0 Å². The van der Waals surface area contributed by atoms with E-state index in [4.69, 9.17) is 5.73 Å². The zero-order valence-electron chi connectivity index (χ0n) is 6.82. The number of hydroxylamine groups is 1. The predicted octanol–water partition coefficient (Wildman–Crippen LogP) is -1.26. The predicted molar refractivity (Wildman–Crippen MR) is 46.1 cm³/mol. The van der Waals surface area contributed by atoms with Crippen molar-refractivity contribution in [3.63, 3.8) is 0 Å². The average Bonchev–Trinajstić information content (AvgIpc) is 2.47. The molecule has 0 aromatic carbocycles. The Bertz CT molecular complexity index is 208. The monoisotopic (exact) mass is 192 g/mol. The second-order valence-electron chi connectivity index (χ2n) is 2.38. The Kier molecular flexibility index (Phi) is 3.45.